The molecular weight excluding hydrogens is 403 g/mol. The van der Waals surface area contributed by atoms with Gasteiger partial charge in [0.2, 0.25) is 11.8 Å². The molecule has 6 nitrogen and oxygen atoms in total. The molecule has 1 aliphatic rings. The molecule has 0 spiro atoms. The van der Waals surface area contributed by atoms with Crippen molar-refractivity contribution in [2.75, 3.05) is 16.4 Å². The van der Waals surface area contributed by atoms with Crippen LogP contribution in [0, 0.1) is 5.82 Å². The first-order chi connectivity index (χ1) is 13.2. The van der Waals surface area contributed by atoms with Gasteiger partial charge in [-0.3, -0.25) is 9.59 Å². The topological polar surface area (TPSA) is 92.3 Å². The lowest BCUT2D eigenvalue weighted by Gasteiger charge is -2.11. The first-order valence-corrected chi connectivity index (χ1v) is 11.1. The number of benzene rings is 2. The Kier molecular flexibility index (Phi) is 6.04. The van der Waals surface area contributed by atoms with Crippen molar-refractivity contribution < 1.29 is 22.4 Å². The van der Waals surface area contributed by atoms with E-state index < -0.39 is 27.3 Å². The van der Waals surface area contributed by atoms with Crippen LogP contribution in [-0.4, -0.2) is 31.2 Å². The van der Waals surface area contributed by atoms with E-state index in [-0.39, 0.29) is 28.2 Å². The number of amides is 2. The van der Waals surface area contributed by atoms with E-state index >= 15 is 0 Å². The van der Waals surface area contributed by atoms with Crippen LogP contribution in [0.3, 0.4) is 0 Å². The quantitative estimate of drug-likeness (QED) is 0.770. The number of hydrogen-bond acceptors (Lipinski definition) is 5. The van der Waals surface area contributed by atoms with Crippen LogP contribution in [0.2, 0.25) is 0 Å². The van der Waals surface area contributed by atoms with Gasteiger partial charge in [0.15, 0.2) is 9.84 Å². The van der Waals surface area contributed by atoms with Crippen molar-refractivity contribution in [1.29, 1.82) is 0 Å². The molecule has 148 valence electrons. The molecule has 0 fully saturated rings. The van der Waals surface area contributed by atoms with Crippen LogP contribution >= 0.6 is 11.8 Å². The maximum absolute atomic E-state index is 13.2. The molecule has 1 heterocycles. The van der Waals surface area contributed by atoms with Crippen LogP contribution in [-0.2, 0) is 19.4 Å². The van der Waals surface area contributed by atoms with Crippen molar-refractivity contribution in [3.05, 3.63) is 48.3 Å². The van der Waals surface area contributed by atoms with E-state index in [9.17, 15) is 22.4 Å². The van der Waals surface area contributed by atoms with E-state index in [2.05, 4.69) is 10.6 Å². The summed E-state index contributed by atoms with van der Waals surface area (Å²) < 4.78 is 38.4. The average molecular weight is 423 g/mol. The van der Waals surface area contributed by atoms with Gasteiger partial charge >= 0.3 is 0 Å². The molecule has 0 unspecified atom stereocenters. The second-order valence-corrected chi connectivity index (χ2v) is 10.1. The molecule has 1 aliphatic heterocycles. The third-order valence-electron chi connectivity index (χ3n) is 4.09. The first kappa shape index (κ1) is 20.3. The lowest BCUT2D eigenvalue weighted by Crippen LogP contribution is -2.18. The molecule has 0 saturated carbocycles. The fourth-order valence-corrected chi connectivity index (χ4v) is 5.07. The Hall–Kier alpha value is -2.39. The number of carbonyl (C=O) groups is 2. The van der Waals surface area contributed by atoms with Crippen LogP contribution in [0.1, 0.15) is 19.8 Å². The van der Waals surface area contributed by atoms with Crippen molar-refractivity contribution in [3.8, 4) is 0 Å². The summed E-state index contributed by atoms with van der Waals surface area (Å²) in [4.78, 5) is 24.7. The molecule has 0 bridgehead atoms. The molecule has 0 saturated heterocycles. The highest BCUT2D eigenvalue weighted by molar-refractivity contribution is 8.00. The molecule has 2 aromatic rings. The Morgan fingerprint density at radius 1 is 1.29 bits per heavy atom. The fourth-order valence-electron chi connectivity index (χ4n) is 2.76. The molecule has 28 heavy (non-hydrogen) atoms. The van der Waals surface area contributed by atoms with Crippen LogP contribution in [0.15, 0.2) is 52.3 Å². The van der Waals surface area contributed by atoms with Gasteiger partial charge in [0, 0.05) is 28.7 Å². The van der Waals surface area contributed by atoms with Gasteiger partial charge in [0.1, 0.15) is 5.82 Å². The van der Waals surface area contributed by atoms with Gasteiger partial charge in [-0.1, -0.05) is 13.0 Å². The fraction of sp³-hybridized carbons (Fsp3) is 0.263. The average Bonchev–Trinajstić information content (AvgIpc) is 2.75. The molecule has 2 amide bonds. The Bertz CT molecular complexity index is 1020. The third kappa shape index (κ3) is 5.11. The van der Waals surface area contributed by atoms with Crippen molar-refractivity contribution in [1.82, 2.24) is 0 Å². The van der Waals surface area contributed by atoms with Gasteiger partial charge in [0.25, 0.3) is 0 Å². The highest BCUT2D eigenvalue weighted by Crippen LogP contribution is 2.36. The normalized spacial score (nSPS) is 16.6. The number of halogens is 1. The monoisotopic (exact) mass is 422 g/mol. The van der Waals surface area contributed by atoms with Gasteiger partial charge < -0.3 is 10.6 Å². The molecule has 0 radical (unpaired) electrons. The number of sulfone groups is 1. The largest absolute Gasteiger partial charge is 0.326 e. The number of thioether (sulfide) groups is 1. The summed E-state index contributed by atoms with van der Waals surface area (Å²) in [6.45, 7) is 1.93. The number of rotatable bonds is 5. The van der Waals surface area contributed by atoms with Gasteiger partial charge in [-0.05, 0) is 36.4 Å². The molecular formula is C19H19FN2O4S2. The zero-order valence-electron chi connectivity index (χ0n) is 15.1. The van der Waals surface area contributed by atoms with Crippen LogP contribution in [0.5, 0.6) is 0 Å². The minimum Gasteiger partial charge on any atom is -0.326 e. The van der Waals surface area contributed by atoms with Crippen LogP contribution < -0.4 is 10.6 Å². The SMILES string of the molecule is C[C@H]1CC(=O)Nc2cc(S(=O)(=O)CCC(=O)Nc3cccc(F)c3)ccc2S1. The molecule has 0 aliphatic carbocycles. The van der Waals surface area contributed by atoms with Gasteiger partial charge in [-0.25, -0.2) is 12.8 Å². The highest BCUT2D eigenvalue weighted by atomic mass is 32.2. The molecule has 2 N–H and O–H groups in total. The summed E-state index contributed by atoms with van der Waals surface area (Å²) in [6, 6.07) is 9.94. The maximum Gasteiger partial charge on any atom is 0.225 e. The molecule has 9 heteroatoms. The van der Waals surface area contributed by atoms with Crippen LogP contribution in [0.25, 0.3) is 0 Å². The molecule has 2 aromatic carbocycles. The minimum atomic E-state index is -3.73. The highest BCUT2D eigenvalue weighted by Gasteiger charge is 2.23. The van der Waals surface area contributed by atoms with E-state index in [1.54, 1.807) is 6.07 Å². The predicted molar refractivity (Wildman–Crippen MR) is 107 cm³/mol. The molecule has 0 aromatic heterocycles. The Morgan fingerprint density at radius 3 is 2.82 bits per heavy atom. The van der Waals surface area contributed by atoms with E-state index in [4.69, 9.17) is 0 Å². The van der Waals surface area contributed by atoms with Crippen molar-refractivity contribution >= 4 is 44.8 Å². The summed E-state index contributed by atoms with van der Waals surface area (Å²) in [5.41, 5.74) is 0.728. The number of fused-ring (bicyclic) bond motifs is 1. The first-order valence-electron chi connectivity index (χ1n) is 8.62. The molecule has 3 rings (SSSR count). The number of nitrogens with one attached hydrogen (secondary N) is 2. The zero-order chi connectivity index (χ0) is 20.3. The van der Waals surface area contributed by atoms with Gasteiger partial charge in [0.05, 0.1) is 16.3 Å². The summed E-state index contributed by atoms with van der Waals surface area (Å²) >= 11 is 1.50. The molecule has 1 atom stereocenters. The summed E-state index contributed by atoms with van der Waals surface area (Å²) in [6.07, 6.45) is 0.0791. The lowest BCUT2D eigenvalue weighted by atomic mass is 10.3. The third-order valence-corrected chi connectivity index (χ3v) is 6.98. The predicted octanol–water partition coefficient (Wildman–Crippen LogP) is 3.45. The van der Waals surface area contributed by atoms with E-state index in [0.29, 0.717) is 12.1 Å². The second-order valence-electron chi connectivity index (χ2n) is 6.47. The smallest absolute Gasteiger partial charge is 0.225 e. The van der Waals surface area contributed by atoms with Crippen molar-refractivity contribution in [2.24, 2.45) is 0 Å². The minimum absolute atomic E-state index is 0.0419. The van der Waals surface area contributed by atoms with Crippen molar-refractivity contribution in [2.45, 2.75) is 34.8 Å². The van der Waals surface area contributed by atoms with E-state index in [1.807, 2.05) is 6.92 Å². The maximum atomic E-state index is 13.2. The van der Waals surface area contributed by atoms with E-state index in [0.717, 1.165) is 11.0 Å². The Labute approximate surface area is 166 Å². The lowest BCUT2D eigenvalue weighted by molar-refractivity contribution is -0.116. The van der Waals surface area contributed by atoms with Gasteiger partial charge in [-0.2, -0.15) is 0 Å². The zero-order valence-corrected chi connectivity index (χ0v) is 16.7. The van der Waals surface area contributed by atoms with Gasteiger partial charge in [-0.15, -0.1) is 11.8 Å². The second kappa shape index (κ2) is 8.32. The summed E-state index contributed by atoms with van der Waals surface area (Å²) in [5, 5.41) is 5.29. The standard InChI is InChI=1S/C19H19FN2O4S2/c1-12-9-19(24)22-16-11-15(5-6-17(16)27-12)28(25,26)8-7-18(23)21-14-4-2-3-13(20)10-14/h2-6,10-12H,7-9H2,1H3,(H,21,23)(H,22,24)/t12-/m0/s1. The van der Waals surface area contributed by atoms with Crippen molar-refractivity contribution in [3.63, 3.8) is 0 Å². The van der Waals surface area contributed by atoms with Crippen LogP contribution in [0.4, 0.5) is 15.8 Å². The Balaban J connectivity index is 1.69. The number of anilines is 2. The summed E-state index contributed by atoms with van der Waals surface area (Å²) in [7, 11) is -3.73. The summed E-state index contributed by atoms with van der Waals surface area (Å²) in [5.74, 6) is -1.58. The number of carbonyl (C=O) groups excluding carboxylic acids is 2. The Morgan fingerprint density at radius 2 is 2.07 bits per heavy atom. The van der Waals surface area contributed by atoms with E-state index in [1.165, 1.54) is 42.1 Å². The number of hydrogen-bond donors (Lipinski definition) is 2.